The average Bonchev–Trinajstić information content (AvgIpc) is 2.71. The van der Waals surface area contributed by atoms with Gasteiger partial charge in [0.25, 0.3) is 0 Å². The minimum absolute atomic E-state index is 1.62. The quantitative estimate of drug-likeness (QED) is 0.498. The molecule has 0 radical (unpaired) electrons. The van der Waals surface area contributed by atoms with Gasteiger partial charge in [-0.2, -0.15) is 0 Å². The molecule has 28 heavy (non-hydrogen) atoms. The summed E-state index contributed by atoms with van der Waals surface area (Å²) in [6.45, 7) is 35.1. The van der Waals surface area contributed by atoms with Crippen LogP contribution >= 0.6 is 0 Å². The second-order valence-corrected chi connectivity index (χ2v) is 22.1. The molecule has 1 fully saturated rings. The Labute approximate surface area is 174 Å². The monoisotopic (exact) mass is 466 g/mol. The Balaban J connectivity index is 3.84. The Morgan fingerprint density at radius 1 is 0.393 bits per heavy atom. The zero-order chi connectivity index (χ0) is 21.7. The Hall–Kier alpha value is -1.20. The van der Waals surface area contributed by atoms with Crippen molar-refractivity contribution in [2.75, 3.05) is 0 Å². The molecule has 0 N–H and O–H groups in total. The van der Waals surface area contributed by atoms with Crippen molar-refractivity contribution in [2.45, 2.75) is 13.1 Å². The van der Waals surface area contributed by atoms with E-state index >= 15 is 0 Å². The van der Waals surface area contributed by atoms with Gasteiger partial charge in [-0.15, -0.1) is 52.6 Å². The van der Waals surface area contributed by atoms with E-state index in [1.165, 1.54) is 0 Å². The molecule has 1 heterocycles. The molecule has 0 aromatic rings. The van der Waals surface area contributed by atoms with Gasteiger partial charge in [-0.25, -0.2) is 0 Å². The van der Waals surface area contributed by atoms with Crippen molar-refractivity contribution in [3.63, 3.8) is 0 Å². The Morgan fingerprint density at radius 2 is 0.643 bits per heavy atom. The zero-order valence-electron chi connectivity index (χ0n) is 16.8. The van der Waals surface area contributed by atoms with E-state index in [0.29, 0.717) is 0 Å². The lowest BCUT2D eigenvalue weighted by Gasteiger charge is -2.46. The summed E-state index contributed by atoms with van der Waals surface area (Å²) < 4.78 is 32.3. The fourth-order valence-corrected chi connectivity index (χ4v) is 23.4. The third-order valence-corrected chi connectivity index (χ3v) is 23.3. The minimum Gasteiger partial charge on any atom is -0.410 e. The minimum atomic E-state index is -3.24. The SMILES string of the molecule is C=C[Si]1(C)O[Si](C)(C=C)O[Si](C=C)(C=C)O[Si](C=C)(C=C)O[Si](C=C)(C=C)O1. The topological polar surface area (TPSA) is 46.2 Å². The largest absolute Gasteiger partial charge is 0.410 e. The average molecular weight is 467 g/mol. The van der Waals surface area contributed by atoms with E-state index in [1.54, 1.807) is 45.6 Å². The maximum absolute atomic E-state index is 6.47. The van der Waals surface area contributed by atoms with E-state index in [0.717, 1.165) is 0 Å². The second kappa shape index (κ2) is 9.08. The molecule has 0 aliphatic carbocycles. The molecule has 5 nitrogen and oxygen atoms in total. The molecule has 0 saturated carbocycles. The maximum Gasteiger partial charge on any atom is 0.374 e. The first-order chi connectivity index (χ1) is 13.0. The molecule has 1 saturated heterocycles. The first-order valence-electron chi connectivity index (χ1n) is 8.62. The van der Waals surface area contributed by atoms with Crippen molar-refractivity contribution >= 4 is 42.8 Å². The van der Waals surface area contributed by atoms with Crippen LogP contribution in [0, 0.1) is 0 Å². The van der Waals surface area contributed by atoms with Gasteiger partial charge >= 0.3 is 42.8 Å². The van der Waals surface area contributed by atoms with Crippen LogP contribution in [-0.4, -0.2) is 42.8 Å². The van der Waals surface area contributed by atoms with Crippen LogP contribution in [0.1, 0.15) is 0 Å². The third kappa shape index (κ3) is 5.04. The first kappa shape index (κ1) is 24.8. The van der Waals surface area contributed by atoms with Crippen LogP contribution in [-0.2, 0) is 20.6 Å². The molecule has 1 aliphatic rings. The predicted molar refractivity (Wildman–Crippen MR) is 127 cm³/mol. The summed E-state index contributed by atoms with van der Waals surface area (Å²) in [7, 11) is -15.6. The number of hydrogen-bond donors (Lipinski definition) is 0. The molecule has 2 unspecified atom stereocenters. The van der Waals surface area contributed by atoms with Crippen molar-refractivity contribution < 1.29 is 20.6 Å². The van der Waals surface area contributed by atoms with Gasteiger partial charge in [-0.3, -0.25) is 0 Å². The Morgan fingerprint density at radius 3 is 0.857 bits per heavy atom. The van der Waals surface area contributed by atoms with E-state index in [9.17, 15) is 0 Å². The summed E-state index contributed by atoms with van der Waals surface area (Å²) in [5.41, 5.74) is 13.2. The van der Waals surface area contributed by atoms with Gasteiger partial charge < -0.3 is 20.6 Å². The fourth-order valence-electron chi connectivity index (χ4n) is 2.56. The van der Waals surface area contributed by atoms with Gasteiger partial charge in [-0.05, 0) is 47.3 Å². The molecular weight excluding hydrogens is 437 g/mol. The maximum atomic E-state index is 6.47. The van der Waals surface area contributed by atoms with Gasteiger partial charge in [0.05, 0.1) is 0 Å². The Kier molecular flexibility index (Phi) is 8.06. The molecule has 2 atom stereocenters. The highest BCUT2D eigenvalue weighted by molar-refractivity contribution is 7.02. The van der Waals surface area contributed by atoms with Gasteiger partial charge in [-0.1, -0.05) is 11.4 Å². The predicted octanol–water partition coefficient (Wildman–Crippen LogP) is 4.36. The summed E-state index contributed by atoms with van der Waals surface area (Å²) in [5, 5.41) is 0. The lowest BCUT2D eigenvalue weighted by molar-refractivity contribution is 0.258. The lowest BCUT2D eigenvalue weighted by Crippen LogP contribution is -2.66. The van der Waals surface area contributed by atoms with Crippen molar-refractivity contribution in [3.05, 3.63) is 98.2 Å². The van der Waals surface area contributed by atoms with Crippen LogP contribution in [0.5, 0.6) is 0 Å². The highest BCUT2D eigenvalue weighted by atomic mass is 28.5. The van der Waals surface area contributed by atoms with Gasteiger partial charge in [0.15, 0.2) is 0 Å². The second-order valence-electron chi connectivity index (χ2n) is 6.34. The van der Waals surface area contributed by atoms with E-state index in [-0.39, 0.29) is 0 Å². The van der Waals surface area contributed by atoms with Crippen molar-refractivity contribution in [2.24, 2.45) is 0 Å². The normalized spacial score (nSPS) is 31.4. The van der Waals surface area contributed by atoms with Crippen molar-refractivity contribution in [1.29, 1.82) is 0 Å². The molecule has 0 amide bonds. The van der Waals surface area contributed by atoms with Gasteiger partial charge in [0.2, 0.25) is 0 Å². The van der Waals surface area contributed by atoms with Crippen LogP contribution in [0.25, 0.3) is 0 Å². The molecule has 0 aromatic heterocycles. The molecule has 1 rings (SSSR count). The van der Waals surface area contributed by atoms with Gasteiger partial charge in [0, 0.05) is 0 Å². The first-order valence-corrected chi connectivity index (χ1v) is 19.3. The highest BCUT2D eigenvalue weighted by Gasteiger charge is 2.56. The smallest absolute Gasteiger partial charge is 0.374 e. The third-order valence-electron chi connectivity index (χ3n) is 4.22. The highest BCUT2D eigenvalue weighted by Crippen LogP contribution is 2.33. The standard InChI is InChI=1S/C18H30O5Si5/c1-11-24(9)19-25(10,12-2)21-27(15-5,16-6)23-28(17-7,18-8)22-26(13-3,14-4)20-24/h11-18H,1-8H2,9-10H3. The Bertz CT molecular complexity index is 634. The molecule has 10 heteroatoms. The molecule has 152 valence electrons. The molecule has 1 aliphatic heterocycles. The van der Waals surface area contributed by atoms with Crippen LogP contribution < -0.4 is 0 Å². The van der Waals surface area contributed by atoms with Crippen LogP contribution in [0.2, 0.25) is 13.1 Å². The molecule has 0 spiro atoms. The molecule has 0 bridgehead atoms. The van der Waals surface area contributed by atoms with Gasteiger partial charge in [0.1, 0.15) is 0 Å². The summed E-state index contributed by atoms with van der Waals surface area (Å²) in [6, 6.07) is 0. The summed E-state index contributed by atoms with van der Waals surface area (Å²) >= 11 is 0. The van der Waals surface area contributed by atoms with Crippen LogP contribution in [0.3, 0.4) is 0 Å². The van der Waals surface area contributed by atoms with Crippen LogP contribution in [0.15, 0.2) is 98.2 Å². The molecule has 0 aromatic carbocycles. The lowest BCUT2D eigenvalue weighted by atomic mass is 11.2. The van der Waals surface area contributed by atoms with Crippen molar-refractivity contribution in [1.82, 2.24) is 0 Å². The van der Waals surface area contributed by atoms with E-state index in [4.69, 9.17) is 20.6 Å². The summed E-state index contributed by atoms with van der Waals surface area (Å²) in [4.78, 5) is 0. The molecular formula is C18H30O5Si5. The summed E-state index contributed by atoms with van der Waals surface area (Å²) in [6.07, 6.45) is 0. The zero-order valence-corrected chi connectivity index (χ0v) is 21.8. The van der Waals surface area contributed by atoms with Crippen LogP contribution in [0.4, 0.5) is 0 Å². The van der Waals surface area contributed by atoms with E-state index in [1.807, 2.05) is 13.1 Å². The van der Waals surface area contributed by atoms with E-state index < -0.39 is 42.8 Å². The number of hydrogen-bond acceptors (Lipinski definition) is 5. The summed E-state index contributed by atoms with van der Waals surface area (Å²) in [5.74, 6) is 0. The van der Waals surface area contributed by atoms with E-state index in [2.05, 4.69) is 52.6 Å². The van der Waals surface area contributed by atoms with Crippen molar-refractivity contribution in [3.8, 4) is 0 Å². The number of rotatable bonds is 8. The fraction of sp³-hybridized carbons (Fsp3) is 0.111.